The first-order valence-electron chi connectivity index (χ1n) is 7.64. The third-order valence-electron chi connectivity index (χ3n) is 3.63. The molecule has 24 heavy (non-hydrogen) atoms. The van der Waals surface area contributed by atoms with Crippen molar-refractivity contribution in [3.63, 3.8) is 0 Å². The average molecular weight is 327 g/mol. The summed E-state index contributed by atoms with van der Waals surface area (Å²) in [4.78, 5) is 24.3. The average Bonchev–Trinajstić information content (AvgIpc) is 2.58. The van der Waals surface area contributed by atoms with Crippen LogP contribution < -0.4 is 10.1 Å². The van der Waals surface area contributed by atoms with Crippen LogP contribution in [-0.2, 0) is 9.53 Å². The molecule has 0 saturated heterocycles. The van der Waals surface area contributed by atoms with Crippen molar-refractivity contribution in [2.75, 3.05) is 12.4 Å². The third-order valence-corrected chi connectivity index (χ3v) is 3.63. The Morgan fingerprint density at radius 2 is 1.71 bits per heavy atom. The number of benzene rings is 2. The molecule has 0 bridgehead atoms. The molecule has 2 aromatic carbocycles. The summed E-state index contributed by atoms with van der Waals surface area (Å²) in [5.41, 5.74) is 3.07. The lowest BCUT2D eigenvalue weighted by atomic mass is 10.1. The van der Waals surface area contributed by atoms with Gasteiger partial charge in [-0.15, -0.1) is 0 Å². The maximum atomic E-state index is 12.2. The van der Waals surface area contributed by atoms with E-state index in [1.165, 1.54) is 0 Å². The van der Waals surface area contributed by atoms with Gasteiger partial charge in [0.2, 0.25) is 0 Å². The molecule has 0 aromatic heterocycles. The maximum absolute atomic E-state index is 12.2. The lowest BCUT2D eigenvalue weighted by Gasteiger charge is -2.15. The van der Waals surface area contributed by atoms with Crippen LogP contribution in [0.1, 0.15) is 28.4 Å². The Hall–Kier alpha value is -2.82. The molecule has 0 fully saturated rings. The molecule has 2 rings (SSSR count). The molecule has 2 aromatic rings. The van der Waals surface area contributed by atoms with E-state index in [1.54, 1.807) is 38.3 Å². The molecule has 1 amide bonds. The topological polar surface area (TPSA) is 64.6 Å². The Bertz CT molecular complexity index is 738. The van der Waals surface area contributed by atoms with Crippen LogP contribution in [0.3, 0.4) is 0 Å². The predicted octanol–water partition coefficient (Wildman–Crippen LogP) is 3.50. The van der Waals surface area contributed by atoms with Crippen LogP contribution in [0.4, 0.5) is 5.69 Å². The molecule has 0 aliphatic rings. The summed E-state index contributed by atoms with van der Waals surface area (Å²) in [7, 11) is 1.55. The molecule has 5 heteroatoms. The van der Waals surface area contributed by atoms with E-state index in [0.29, 0.717) is 17.0 Å². The molecule has 1 atom stereocenters. The van der Waals surface area contributed by atoms with Gasteiger partial charge < -0.3 is 14.8 Å². The van der Waals surface area contributed by atoms with Gasteiger partial charge >= 0.3 is 5.97 Å². The number of aryl methyl sites for hydroxylation is 2. The lowest BCUT2D eigenvalue weighted by Crippen LogP contribution is -2.30. The molecule has 0 aliphatic heterocycles. The highest BCUT2D eigenvalue weighted by Crippen LogP contribution is 2.17. The first-order chi connectivity index (χ1) is 11.4. The minimum Gasteiger partial charge on any atom is -0.497 e. The minimum atomic E-state index is -0.903. The van der Waals surface area contributed by atoms with Crippen LogP contribution >= 0.6 is 0 Å². The highest BCUT2D eigenvalue weighted by molar-refractivity contribution is 5.97. The summed E-state index contributed by atoms with van der Waals surface area (Å²) in [5, 5.41) is 2.79. The SMILES string of the molecule is COc1ccc(C(=O)O[C@H](C)C(=O)Nc2cc(C)ccc2C)cc1. The zero-order chi connectivity index (χ0) is 17.7. The number of nitrogens with one attached hydrogen (secondary N) is 1. The van der Waals surface area contributed by atoms with Crippen molar-refractivity contribution in [3.05, 3.63) is 59.2 Å². The molecular formula is C19H21NO4. The van der Waals surface area contributed by atoms with E-state index < -0.39 is 12.1 Å². The third kappa shape index (κ3) is 4.35. The van der Waals surface area contributed by atoms with Gasteiger partial charge in [-0.25, -0.2) is 4.79 Å². The molecular weight excluding hydrogens is 306 g/mol. The fraction of sp³-hybridized carbons (Fsp3) is 0.263. The summed E-state index contributed by atoms with van der Waals surface area (Å²) in [6.45, 7) is 5.40. The monoisotopic (exact) mass is 327 g/mol. The first kappa shape index (κ1) is 17.5. The number of methoxy groups -OCH3 is 1. The fourth-order valence-electron chi connectivity index (χ4n) is 2.11. The molecule has 0 unspecified atom stereocenters. The fourth-order valence-corrected chi connectivity index (χ4v) is 2.11. The second-order valence-electron chi connectivity index (χ2n) is 5.58. The second-order valence-corrected chi connectivity index (χ2v) is 5.58. The van der Waals surface area contributed by atoms with Gasteiger partial charge in [-0.2, -0.15) is 0 Å². The quantitative estimate of drug-likeness (QED) is 0.854. The Labute approximate surface area is 141 Å². The Kier molecular flexibility index (Phi) is 5.58. The highest BCUT2D eigenvalue weighted by Gasteiger charge is 2.19. The summed E-state index contributed by atoms with van der Waals surface area (Å²) >= 11 is 0. The van der Waals surface area contributed by atoms with Crippen LogP contribution in [-0.4, -0.2) is 25.1 Å². The standard InChI is InChI=1S/C19H21NO4/c1-12-5-6-13(2)17(11-12)20-18(21)14(3)24-19(22)15-7-9-16(23-4)10-8-15/h5-11,14H,1-4H3,(H,20,21)/t14-/m1/s1. The molecule has 0 radical (unpaired) electrons. The zero-order valence-corrected chi connectivity index (χ0v) is 14.3. The van der Waals surface area contributed by atoms with Crippen LogP contribution in [0.15, 0.2) is 42.5 Å². The van der Waals surface area contributed by atoms with Gasteiger partial charge in [-0.05, 0) is 62.2 Å². The van der Waals surface area contributed by atoms with E-state index in [0.717, 1.165) is 11.1 Å². The Balaban J connectivity index is 1.99. The van der Waals surface area contributed by atoms with E-state index >= 15 is 0 Å². The molecule has 5 nitrogen and oxygen atoms in total. The van der Waals surface area contributed by atoms with Gasteiger partial charge in [0.05, 0.1) is 12.7 Å². The van der Waals surface area contributed by atoms with E-state index in [1.807, 2.05) is 32.0 Å². The van der Waals surface area contributed by atoms with Crippen molar-refractivity contribution >= 4 is 17.6 Å². The molecule has 1 N–H and O–H groups in total. The number of hydrogen-bond donors (Lipinski definition) is 1. The number of hydrogen-bond acceptors (Lipinski definition) is 4. The number of ether oxygens (including phenoxy) is 2. The molecule has 0 spiro atoms. The molecule has 0 heterocycles. The van der Waals surface area contributed by atoms with E-state index in [4.69, 9.17) is 9.47 Å². The Morgan fingerprint density at radius 3 is 2.33 bits per heavy atom. The minimum absolute atomic E-state index is 0.363. The number of amides is 1. The van der Waals surface area contributed by atoms with Gasteiger partial charge in [-0.1, -0.05) is 12.1 Å². The summed E-state index contributed by atoms with van der Waals surface area (Å²) in [5.74, 6) is -0.279. The summed E-state index contributed by atoms with van der Waals surface area (Å²) in [6, 6.07) is 12.3. The second kappa shape index (κ2) is 7.64. The van der Waals surface area contributed by atoms with Crippen molar-refractivity contribution in [1.82, 2.24) is 0 Å². The predicted molar refractivity (Wildman–Crippen MR) is 92.4 cm³/mol. The number of anilines is 1. The van der Waals surface area contributed by atoms with Crippen LogP contribution in [0.2, 0.25) is 0 Å². The van der Waals surface area contributed by atoms with Crippen molar-refractivity contribution in [2.45, 2.75) is 26.9 Å². The number of rotatable bonds is 5. The lowest BCUT2D eigenvalue weighted by molar-refractivity contribution is -0.123. The van der Waals surface area contributed by atoms with Crippen molar-refractivity contribution in [3.8, 4) is 5.75 Å². The van der Waals surface area contributed by atoms with Gasteiger partial charge in [0, 0.05) is 5.69 Å². The van der Waals surface area contributed by atoms with Crippen LogP contribution in [0.25, 0.3) is 0 Å². The summed E-state index contributed by atoms with van der Waals surface area (Å²) < 4.78 is 10.3. The van der Waals surface area contributed by atoms with Crippen molar-refractivity contribution in [1.29, 1.82) is 0 Å². The maximum Gasteiger partial charge on any atom is 0.338 e. The van der Waals surface area contributed by atoms with E-state index in [9.17, 15) is 9.59 Å². The van der Waals surface area contributed by atoms with Crippen molar-refractivity contribution < 1.29 is 19.1 Å². The first-order valence-corrected chi connectivity index (χ1v) is 7.64. The largest absolute Gasteiger partial charge is 0.497 e. The van der Waals surface area contributed by atoms with Gasteiger partial charge in [0.15, 0.2) is 6.10 Å². The smallest absolute Gasteiger partial charge is 0.338 e. The molecule has 126 valence electrons. The van der Waals surface area contributed by atoms with Gasteiger partial charge in [0.25, 0.3) is 5.91 Å². The Morgan fingerprint density at radius 1 is 1.04 bits per heavy atom. The van der Waals surface area contributed by atoms with Gasteiger partial charge in [-0.3, -0.25) is 4.79 Å². The van der Waals surface area contributed by atoms with Crippen LogP contribution in [0.5, 0.6) is 5.75 Å². The van der Waals surface area contributed by atoms with Crippen LogP contribution in [0, 0.1) is 13.8 Å². The number of carbonyl (C=O) groups is 2. The van der Waals surface area contributed by atoms with E-state index in [2.05, 4.69) is 5.32 Å². The zero-order valence-electron chi connectivity index (χ0n) is 14.3. The normalized spacial score (nSPS) is 11.5. The van der Waals surface area contributed by atoms with Crippen molar-refractivity contribution in [2.24, 2.45) is 0 Å². The summed E-state index contributed by atoms with van der Waals surface area (Å²) in [6.07, 6.45) is -0.903. The number of esters is 1. The van der Waals surface area contributed by atoms with E-state index in [-0.39, 0.29) is 5.91 Å². The number of carbonyl (C=O) groups excluding carboxylic acids is 2. The highest BCUT2D eigenvalue weighted by atomic mass is 16.5. The molecule has 0 aliphatic carbocycles. The molecule has 0 saturated carbocycles. The van der Waals surface area contributed by atoms with Gasteiger partial charge in [0.1, 0.15) is 5.75 Å².